The molecule has 0 aliphatic carbocycles. The van der Waals surface area contributed by atoms with E-state index in [1.807, 2.05) is 13.0 Å². The molecule has 1 rings (SSSR count). The minimum Gasteiger partial charge on any atom is -0.358 e. The molecule has 0 saturated heterocycles. The molecule has 0 saturated carbocycles. The average Bonchev–Trinajstić information content (AvgIpc) is 2.66. The minimum atomic E-state index is -0.197. The quantitative estimate of drug-likeness (QED) is 0.828. The number of hydrogen-bond acceptors (Lipinski definition) is 3. The van der Waals surface area contributed by atoms with Gasteiger partial charge in [-0.1, -0.05) is 6.92 Å². The highest BCUT2D eigenvalue weighted by molar-refractivity contribution is 7.14. The van der Waals surface area contributed by atoms with E-state index in [0.29, 0.717) is 4.88 Å². The molecule has 88 valence electrons. The summed E-state index contributed by atoms with van der Waals surface area (Å²) in [7, 11) is 1.54. The van der Waals surface area contributed by atoms with E-state index in [1.165, 1.54) is 16.9 Å². The summed E-state index contributed by atoms with van der Waals surface area (Å²) in [5, 5.41) is 5.02. The Bertz CT molecular complexity index is 399. The van der Waals surface area contributed by atoms with Gasteiger partial charge in [0.15, 0.2) is 0 Å². The normalized spacial score (nSPS) is 9.94. The average molecular weight is 240 g/mol. The van der Waals surface area contributed by atoms with Crippen LogP contribution in [0.4, 0.5) is 0 Å². The van der Waals surface area contributed by atoms with Crippen LogP contribution >= 0.6 is 11.3 Å². The Morgan fingerprint density at radius 1 is 1.44 bits per heavy atom. The summed E-state index contributed by atoms with van der Waals surface area (Å²) >= 11 is 1.46. The van der Waals surface area contributed by atoms with E-state index in [9.17, 15) is 9.59 Å². The predicted octanol–water partition coefficient (Wildman–Crippen LogP) is 1.09. The first kappa shape index (κ1) is 12.7. The van der Waals surface area contributed by atoms with E-state index >= 15 is 0 Å². The molecule has 0 atom stereocenters. The second-order valence-electron chi connectivity index (χ2n) is 3.40. The Hall–Kier alpha value is -1.36. The second kappa shape index (κ2) is 5.65. The van der Waals surface area contributed by atoms with Gasteiger partial charge < -0.3 is 10.6 Å². The van der Waals surface area contributed by atoms with Crippen molar-refractivity contribution in [3.63, 3.8) is 0 Å². The zero-order chi connectivity index (χ0) is 12.1. The SMILES string of the molecule is CCc1cc(C(=O)NCC(=O)NC)sc1C. The van der Waals surface area contributed by atoms with Crippen molar-refractivity contribution in [3.8, 4) is 0 Å². The zero-order valence-corrected chi connectivity index (χ0v) is 10.5. The summed E-state index contributed by atoms with van der Waals surface area (Å²) in [5.41, 5.74) is 1.19. The van der Waals surface area contributed by atoms with E-state index in [-0.39, 0.29) is 18.4 Å². The molecule has 2 N–H and O–H groups in total. The van der Waals surface area contributed by atoms with Gasteiger partial charge in [0.25, 0.3) is 5.91 Å². The lowest BCUT2D eigenvalue weighted by Gasteiger charge is -2.01. The minimum absolute atomic E-state index is 0.0216. The molecule has 0 spiro atoms. The van der Waals surface area contributed by atoms with Crippen molar-refractivity contribution in [3.05, 3.63) is 21.4 Å². The standard InChI is InChI=1S/C11H16N2O2S/c1-4-8-5-9(16-7(8)2)11(15)13-6-10(14)12-3/h5H,4,6H2,1-3H3,(H,12,14)(H,13,15). The Morgan fingerprint density at radius 3 is 2.62 bits per heavy atom. The highest BCUT2D eigenvalue weighted by atomic mass is 32.1. The Kier molecular flexibility index (Phi) is 4.49. The van der Waals surface area contributed by atoms with Gasteiger partial charge in [-0.3, -0.25) is 9.59 Å². The van der Waals surface area contributed by atoms with Crippen molar-refractivity contribution in [2.24, 2.45) is 0 Å². The van der Waals surface area contributed by atoms with E-state index < -0.39 is 0 Å². The first-order valence-electron chi connectivity index (χ1n) is 5.16. The molecule has 0 aliphatic heterocycles. The Labute approximate surface area is 99.0 Å². The van der Waals surface area contributed by atoms with Crippen LogP contribution in [0, 0.1) is 6.92 Å². The van der Waals surface area contributed by atoms with Gasteiger partial charge >= 0.3 is 0 Å². The number of carbonyl (C=O) groups is 2. The lowest BCUT2D eigenvalue weighted by atomic mass is 10.2. The summed E-state index contributed by atoms with van der Waals surface area (Å²) < 4.78 is 0. The molecule has 0 bridgehead atoms. The number of rotatable bonds is 4. The van der Waals surface area contributed by atoms with Gasteiger partial charge in [-0.15, -0.1) is 11.3 Å². The molecule has 0 fully saturated rings. The third-order valence-electron chi connectivity index (χ3n) is 2.31. The molecule has 1 aromatic rings. The molecule has 2 amide bonds. The largest absolute Gasteiger partial charge is 0.358 e. The van der Waals surface area contributed by atoms with Crippen molar-refractivity contribution in [2.45, 2.75) is 20.3 Å². The van der Waals surface area contributed by atoms with Crippen molar-refractivity contribution < 1.29 is 9.59 Å². The van der Waals surface area contributed by atoms with Gasteiger partial charge in [-0.25, -0.2) is 0 Å². The number of aryl methyl sites for hydroxylation is 2. The predicted molar refractivity (Wildman–Crippen MR) is 64.8 cm³/mol. The fourth-order valence-corrected chi connectivity index (χ4v) is 2.35. The van der Waals surface area contributed by atoms with Gasteiger partial charge in [-0.05, 0) is 25.0 Å². The Morgan fingerprint density at radius 2 is 2.12 bits per heavy atom. The van der Waals surface area contributed by atoms with E-state index in [2.05, 4.69) is 17.6 Å². The van der Waals surface area contributed by atoms with E-state index in [1.54, 1.807) is 7.05 Å². The molecule has 1 aromatic heterocycles. The highest BCUT2D eigenvalue weighted by Crippen LogP contribution is 2.21. The van der Waals surface area contributed by atoms with Gasteiger partial charge in [-0.2, -0.15) is 0 Å². The maximum Gasteiger partial charge on any atom is 0.261 e. The smallest absolute Gasteiger partial charge is 0.261 e. The van der Waals surface area contributed by atoms with Gasteiger partial charge in [0.05, 0.1) is 11.4 Å². The number of likely N-dealkylation sites (N-methyl/N-ethyl adjacent to an activating group) is 1. The van der Waals surface area contributed by atoms with E-state index in [4.69, 9.17) is 0 Å². The van der Waals surface area contributed by atoms with Crippen LogP contribution in [0.15, 0.2) is 6.07 Å². The van der Waals surface area contributed by atoms with Crippen LogP contribution in [0.2, 0.25) is 0 Å². The topological polar surface area (TPSA) is 58.2 Å². The van der Waals surface area contributed by atoms with Crippen molar-refractivity contribution in [2.75, 3.05) is 13.6 Å². The van der Waals surface area contributed by atoms with Crippen molar-refractivity contribution in [1.82, 2.24) is 10.6 Å². The van der Waals surface area contributed by atoms with Crippen LogP contribution in [-0.2, 0) is 11.2 Å². The lowest BCUT2D eigenvalue weighted by Crippen LogP contribution is -2.34. The highest BCUT2D eigenvalue weighted by Gasteiger charge is 2.11. The maximum absolute atomic E-state index is 11.7. The van der Waals surface area contributed by atoms with Gasteiger partial charge in [0, 0.05) is 11.9 Å². The molecule has 4 nitrogen and oxygen atoms in total. The van der Waals surface area contributed by atoms with Crippen LogP contribution in [0.3, 0.4) is 0 Å². The first-order valence-corrected chi connectivity index (χ1v) is 5.98. The molecule has 0 aliphatic rings. The summed E-state index contributed by atoms with van der Waals surface area (Å²) in [6.07, 6.45) is 0.922. The zero-order valence-electron chi connectivity index (χ0n) is 9.72. The van der Waals surface area contributed by atoms with E-state index in [0.717, 1.165) is 11.3 Å². The molecular formula is C11H16N2O2S. The lowest BCUT2D eigenvalue weighted by molar-refractivity contribution is -0.119. The summed E-state index contributed by atoms with van der Waals surface area (Å²) in [6, 6.07) is 1.89. The molecule has 0 aromatic carbocycles. The number of nitrogens with one attached hydrogen (secondary N) is 2. The third kappa shape index (κ3) is 3.06. The summed E-state index contributed by atoms with van der Waals surface area (Å²) in [4.78, 5) is 24.4. The number of thiophene rings is 1. The van der Waals surface area contributed by atoms with Crippen LogP contribution in [-0.4, -0.2) is 25.4 Å². The van der Waals surface area contributed by atoms with Crippen molar-refractivity contribution >= 4 is 23.2 Å². The molecule has 1 heterocycles. The molecular weight excluding hydrogens is 224 g/mol. The number of amides is 2. The third-order valence-corrected chi connectivity index (χ3v) is 3.41. The first-order chi connectivity index (χ1) is 7.58. The van der Waals surface area contributed by atoms with Crippen LogP contribution in [0.1, 0.15) is 27.0 Å². The number of hydrogen-bond donors (Lipinski definition) is 2. The fourth-order valence-electron chi connectivity index (χ4n) is 1.32. The molecule has 0 radical (unpaired) electrons. The molecule has 16 heavy (non-hydrogen) atoms. The second-order valence-corrected chi connectivity index (χ2v) is 4.66. The monoisotopic (exact) mass is 240 g/mol. The van der Waals surface area contributed by atoms with Crippen LogP contribution in [0.25, 0.3) is 0 Å². The van der Waals surface area contributed by atoms with Gasteiger partial charge in [0.1, 0.15) is 0 Å². The molecule has 5 heteroatoms. The van der Waals surface area contributed by atoms with Gasteiger partial charge in [0.2, 0.25) is 5.91 Å². The van der Waals surface area contributed by atoms with Crippen LogP contribution < -0.4 is 10.6 Å². The fraction of sp³-hybridized carbons (Fsp3) is 0.455. The number of carbonyl (C=O) groups excluding carboxylic acids is 2. The Balaban J connectivity index is 2.62. The molecule has 0 unspecified atom stereocenters. The summed E-state index contributed by atoms with van der Waals surface area (Å²) in [5.74, 6) is -0.381. The van der Waals surface area contributed by atoms with Crippen LogP contribution in [0.5, 0.6) is 0 Å². The van der Waals surface area contributed by atoms with Crippen molar-refractivity contribution in [1.29, 1.82) is 0 Å². The summed E-state index contributed by atoms with van der Waals surface area (Å²) in [6.45, 7) is 4.08. The maximum atomic E-state index is 11.7.